The van der Waals surface area contributed by atoms with E-state index < -0.39 is 17.8 Å². The first-order valence-corrected chi connectivity index (χ1v) is 14.2. The molecule has 0 radical (unpaired) electrons. The van der Waals surface area contributed by atoms with Crippen LogP contribution in [0, 0.1) is 0 Å². The van der Waals surface area contributed by atoms with Crippen LogP contribution in [0.1, 0.15) is 26.3 Å². The highest BCUT2D eigenvalue weighted by atomic mass is 32.2. The van der Waals surface area contributed by atoms with Crippen LogP contribution in [0.2, 0.25) is 0 Å². The van der Waals surface area contributed by atoms with E-state index >= 15 is 0 Å². The molecule has 0 unspecified atom stereocenters. The molecule has 0 saturated carbocycles. The summed E-state index contributed by atoms with van der Waals surface area (Å²) < 4.78 is 10.7. The third-order valence-electron chi connectivity index (χ3n) is 6.14. The van der Waals surface area contributed by atoms with Crippen molar-refractivity contribution in [2.75, 3.05) is 30.6 Å². The number of nitrogens with one attached hydrogen (secondary N) is 3. The fourth-order valence-electron chi connectivity index (χ4n) is 3.96. The molecule has 0 bridgehead atoms. The summed E-state index contributed by atoms with van der Waals surface area (Å²) in [6.45, 7) is 0. The first-order chi connectivity index (χ1) is 21.2. The van der Waals surface area contributed by atoms with Gasteiger partial charge in [0, 0.05) is 27.4 Å². The van der Waals surface area contributed by atoms with Gasteiger partial charge in [0.05, 0.1) is 25.5 Å². The van der Waals surface area contributed by atoms with Crippen molar-refractivity contribution in [1.82, 2.24) is 5.32 Å². The van der Waals surface area contributed by atoms with Gasteiger partial charge in [0.1, 0.15) is 17.2 Å². The van der Waals surface area contributed by atoms with Crippen molar-refractivity contribution in [3.63, 3.8) is 0 Å². The summed E-state index contributed by atoms with van der Waals surface area (Å²) in [4.78, 5) is 50.7. The minimum Gasteiger partial charge on any atom is -0.497 e. The molecule has 10 nitrogen and oxygen atoms in total. The summed E-state index contributed by atoms with van der Waals surface area (Å²) >= 11 is 1.27. The van der Waals surface area contributed by atoms with E-state index in [0.717, 1.165) is 4.90 Å². The average Bonchev–Trinajstić information content (AvgIpc) is 3.04. The van der Waals surface area contributed by atoms with Gasteiger partial charge in [-0.1, -0.05) is 24.3 Å². The lowest BCUT2D eigenvalue weighted by molar-refractivity contribution is -0.114. The predicted octanol–water partition coefficient (Wildman–Crippen LogP) is 5.54. The Morgan fingerprint density at radius 3 is 2.18 bits per heavy atom. The number of carbonyl (C=O) groups is 4. The van der Waals surface area contributed by atoms with Crippen LogP contribution in [0.5, 0.6) is 11.5 Å². The highest BCUT2D eigenvalue weighted by molar-refractivity contribution is 8.00. The van der Waals surface area contributed by atoms with Crippen molar-refractivity contribution in [2.24, 2.45) is 0 Å². The van der Waals surface area contributed by atoms with E-state index in [4.69, 9.17) is 14.6 Å². The molecule has 11 heteroatoms. The number of anilines is 2. The Bertz CT molecular complexity index is 1690. The monoisotopic (exact) mass is 611 g/mol. The maximum absolute atomic E-state index is 13.4. The predicted molar refractivity (Wildman–Crippen MR) is 169 cm³/mol. The van der Waals surface area contributed by atoms with Crippen LogP contribution in [-0.2, 0) is 9.59 Å². The SMILES string of the molecule is COc1ccc(OC)c(/C=C(\NC(=O)c2ccccc2)C(=O)Nc2ccc(SCC(=O)Nc3cccc(C(=O)O)c3)cc2)c1. The Morgan fingerprint density at radius 1 is 0.773 bits per heavy atom. The van der Waals surface area contributed by atoms with Gasteiger partial charge in [-0.15, -0.1) is 11.8 Å². The van der Waals surface area contributed by atoms with E-state index in [1.807, 2.05) is 0 Å². The van der Waals surface area contributed by atoms with Crippen molar-refractivity contribution in [3.05, 3.63) is 119 Å². The molecule has 3 amide bonds. The van der Waals surface area contributed by atoms with Gasteiger partial charge in [0.15, 0.2) is 0 Å². The molecule has 0 aliphatic heterocycles. The smallest absolute Gasteiger partial charge is 0.335 e. The number of rotatable bonds is 12. The molecule has 4 rings (SSSR count). The Kier molecular flexibility index (Phi) is 10.8. The fourth-order valence-corrected chi connectivity index (χ4v) is 4.66. The minimum atomic E-state index is -1.08. The molecule has 4 aromatic rings. The molecular weight excluding hydrogens is 582 g/mol. The van der Waals surface area contributed by atoms with Crippen LogP contribution < -0.4 is 25.4 Å². The number of carboxylic acid groups (broad SMARTS) is 1. The zero-order valence-electron chi connectivity index (χ0n) is 23.8. The number of hydrogen-bond acceptors (Lipinski definition) is 7. The quantitative estimate of drug-likeness (QED) is 0.121. The molecular formula is C33H29N3O7S. The average molecular weight is 612 g/mol. The molecule has 4 aromatic carbocycles. The summed E-state index contributed by atoms with van der Waals surface area (Å²) in [6, 6.07) is 26.5. The largest absolute Gasteiger partial charge is 0.497 e. The van der Waals surface area contributed by atoms with Gasteiger partial charge >= 0.3 is 5.97 Å². The lowest BCUT2D eigenvalue weighted by Crippen LogP contribution is -2.30. The molecule has 0 aliphatic carbocycles. The fraction of sp³-hybridized carbons (Fsp3) is 0.0909. The van der Waals surface area contributed by atoms with Crippen molar-refractivity contribution in [1.29, 1.82) is 0 Å². The van der Waals surface area contributed by atoms with Crippen LogP contribution in [0.4, 0.5) is 11.4 Å². The van der Waals surface area contributed by atoms with Gasteiger partial charge in [0.25, 0.3) is 11.8 Å². The maximum Gasteiger partial charge on any atom is 0.335 e. The number of carboxylic acids is 1. The zero-order valence-corrected chi connectivity index (χ0v) is 24.6. The number of benzene rings is 4. The summed E-state index contributed by atoms with van der Waals surface area (Å²) in [5.41, 5.74) is 1.81. The Balaban J connectivity index is 1.45. The van der Waals surface area contributed by atoms with Crippen LogP contribution in [0.3, 0.4) is 0 Å². The van der Waals surface area contributed by atoms with Gasteiger partial charge in [-0.05, 0) is 78.9 Å². The topological polar surface area (TPSA) is 143 Å². The second kappa shape index (κ2) is 15.1. The maximum atomic E-state index is 13.4. The highest BCUT2D eigenvalue weighted by Crippen LogP contribution is 2.27. The number of ether oxygens (including phenoxy) is 2. The number of amides is 3. The van der Waals surface area contributed by atoms with Gasteiger partial charge in [0.2, 0.25) is 5.91 Å². The minimum absolute atomic E-state index is 0.0208. The first-order valence-electron chi connectivity index (χ1n) is 13.2. The molecule has 0 atom stereocenters. The molecule has 0 aromatic heterocycles. The standard InChI is InChI=1S/C33H29N3O7S/c1-42-26-13-16-29(43-2)23(18-26)19-28(36-31(38)21-7-4-3-5-8-21)32(39)35-24-11-14-27(15-12-24)44-20-30(37)34-25-10-6-9-22(17-25)33(40)41/h3-19H,20H2,1-2H3,(H,34,37)(H,35,39)(H,36,38)(H,40,41)/b28-19-. The van der Waals surface area contributed by atoms with Crippen molar-refractivity contribution < 1.29 is 33.8 Å². The number of carbonyl (C=O) groups excluding carboxylic acids is 3. The zero-order chi connectivity index (χ0) is 31.5. The number of methoxy groups -OCH3 is 2. The molecule has 0 spiro atoms. The van der Waals surface area contributed by atoms with Crippen molar-refractivity contribution >= 4 is 52.9 Å². The van der Waals surface area contributed by atoms with E-state index in [1.165, 1.54) is 44.2 Å². The summed E-state index contributed by atoms with van der Waals surface area (Å²) in [7, 11) is 3.02. The molecule has 0 aliphatic rings. The van der Waals surface area contributed by atoms with Gasteiger partial charge in [-0.25, -0.2) is 4.79 Å². The van der Waals surface area contributed by atoms with Gasteiger partial charge < -0.3 is 30.5 Å². The van der Waals surface area contributed by atoms with E-state index in [0.29, 0.717) is 34.0 Å². The lowest BCUT2D eigenvalue weighted by Gasteiger charge is -2.13. The van der Waals surface area contributed by atoms with Crippen LogP contribution in [0.15, 0.2) is 108 Å². The first kappa shape index (κ1) is 31.4. The van der Waals surface area contributed by atoms with Gasteiger partial charge in [-0.2, -0.15) is 0 Å². The second-order valence-electron chi connectivity index (χ2n) is 9.19. The van der Waals surface area contributed by atoms with Crippen LogP contribution in [-0.4, -0.2) is 48.8 Å². The van der Waals surface area contributed by atoms with Crippen molar-refractivity contribution in [2.45, 2.75) is 4.90 Å². The van der Waals surface area contributed by atoms with E-state index in [-0.39, 0.29) is 22.9 Å². The number of aromatic carboxylic acids is 1. The van der Waals surface area contributed by atoms with Gasteiger partial charge in [-0.3, -0.25) is 14.4 Å². The number of thioether (sulfide) groups is 1. The van der Waals surface area contributed by atoms with E-state index in [9.17, 15) is 19.2 Å². The number of hydrogen-bond donors (Lipinski definition) is 4. The molecule has 44 heavy (non-hydrogen) atoms. The molecule has 4 N–H and O–H groups in total. The van der Waals surface area contributed by atoms with Crippen LogP contribution in [0.25, 0.3) is 6.08 Å². The molecule has 224 valence electrons. The molecule has 0 saturated heterocycles. The van der Waals surface area contributed by atoms with Crippen molar-refractivity contribution in [3.8, 4) is 11.5 Å². The normalized spacial score (nSPS) is 10.8. The molecule has 0 fully saturated rings. The highest BCUT2D eigenvalue weighted by Gasteiger charge is 2.17. The third kappa shape index (κ3) is 8.73. The summed E-state index contributed by atoms with van der Waals surface area (Å²) in [5, 5.41) is 17.3. The molecule has 0 heterocycles. The van der Waals surface area contributed by atoms with E-state index in [2.05, 4.69) is 16.0 Å². The lowest BCUT2D eigenvalue weighted by atomic mass is 10.1. The Morgan fingerprint density at radius 2 is 1.50 bits per heavy atom. The summed E-state index contributed by atoms with van der Waals surface area (Å²) in [6.07, 6.45) is 1.51. The van der Waals surface area contributed by atoms with Crippen LogP contribution >= 0.6 is 11.8 Å². The second-order valence-corrected chi connectivity index (χ2v) is 10.2. The van der Waals surface area contributed by atoms with E-state index in [1.54, 1.807) is 84.9 Å². The Labute approximate surface area is 258 Å². The Hall–Kier alpha value is -5.55. The summed E-state index contributed by atoms with van der Waals surface area (Å²) in [5.74, 6) is -1.30. The third-order valence-corrected chi connectivity index (χ3v) is 7.15.